The van der Waals surface area contributed by atoms with Gasteiger partial charge in [-0.1, -0.05) is 13.0 Å². The molecule has 0 aromatic heterocycles. The molecule has 0 aliphatic carbocycles. The van der Waals surface area contributed by atoms with E-state index >= 15 is 0 Å². The van der Waals surface area contributed by atoms with Crippen LogP contribution >= 0.6 is 15.9 Å². The van der Waals surface area contributed by atoms with Gasteiger partial charge in [-0.25, -0.2) is 0 Å². The van der Waals surface area contributed by atoms with Crippen molar-refractivity contribution in [3.8, 4) is 5.75 Å². The third-order valence-electron chi connectivity index (χ3n) is 2.19. The normalized spacial score (nSPS) is 12.2. The van der Waals surface area contributed by atoms with Gasteiger partial charge in [0.05, 0.1) is 9.40 Å². The lowest BCUT2D eigenvalue weighted by Gasteiger charge is -2.13. The maximum atomic E-state index is 10.8. The molecule has 1 atom stereocenters. The Kier molecular flexibility index (Phi) is 6.03. The summed E-state index contributed by atoms with van der Waals surface area (Å²) in [6.45, 7) is 3.05. The molecule has 0 aliphatic heterocycles. The maximum Gasteiger partial charge on any atom is 0.312 e. The van der Waals surface area contributed by atoms with Gasteiger partial charge in [0.2, 0.25) is 5.75 Å². The number of nitro benzene ring substituents is 1. The average molecular weight is 319 g/mol. The highest BCUT2D eigenvalue weighted by Crippen LogP contribution is 2.34. The third kappa shape index (κ3) is 4.25. The summed E-state index contributed by atoms with van der Waals surface area (Å²) in [6, 6.07) is 4.57. The highest BCUT2D eigenvalue weighted by atomic mass is 79.9. The van der Waals surface area contributed by atoms with Crippen molar-refractivity contribution in [2.45, 2.75) is 13.0 Å². The fourth-order valence-electron chi connectivity index (χ4n) is 1.33. The second kappa shape index (κ2) is 7.30. The standard InChI is InChI=1S/C11H15BrN2O4/c1-2-13-6-8(15)7-18-11-9(12)4-3-5-10(11)14(16)17/h3-5,8,13,15H,2,6-7H2,1H3. The first-order valence-corrected chi connectivity index (χ1v) is 6.30. The van der Waals surface area contributed by atoms with Crippen LogP contribution in [0.2, 0.25) is 0 Å². The molecule has 1 aromatic carbocycles. The minimum Gasteiger partial charge on any atom is -0.483 e. The largest absolute Gasteiger partial charge is 0.483 e. The Labute approximate surface area is 113 Å². The van der Waals surface area contributed by atoms with E-state index in [0.717, 1.165) is 6.54 Å². The van der Waals surface area contributed by atoms with Crippen LogP contribution in [0.3, 0.4) is 0 Å². The first kappa shape index (κ1) is 14.9. The number of aliphatic hydroxyl groups is 1. The van der Waals surface area contributed by atoms with Gasteiger partial charge in [0.1, 0.15) is 12.7 Å². The minimum absolute atomic E-state index is 0.00352. The number of ether oxygens (including phenoxy) is 1. The van der Waals surface area contributed by atoms with Gasteiger partial charge in [0, 0.05) is 12.6 Å². The second-order valence-corrected chi connectivity index (χ2v) is 4.47. The van der Waals surface area contributed by atoms with E-state index in [1.807, 2.05) is 6.92 Å². The lowest BCUT2D eigenvalue weighted by Crippen LogP contribution is -2.31. The van der Waals surface area contributed by atoms with Gasteiger partial charge in [0.25, 0.3) is 0 Å². The fourth-order valence-corrected chi connectivity index (χ4v) is 1.80. The second-order valence-electron chi connectivity index (χ2n) is 3.62. The summed E-state index contributed by atoms with van der Waals surface area (Å²) in [5.74, 6) is 0.137. The Morgan fingerprint density at radius 3 is 2.94 bits per heavy atom. The molecule has 0 bridgehead atoms. The van der Waals surface area contributed by atoms with E-state index in [9.17, 15) is 15.2 Å². The molecular formula is C11H15BrN2O4. The van der Waals surface area contributed by atoms with E-state index in [0.29, 0.717) is 11.0 Å². The van der Waals surface area contributed by atoms with Gasteiger partial charge >= 0.3 is 5.69 Å². The van der Waals surface area contributed by atoms with Crippen molar-refractivity contribution < 1.29 is 14.8 Å². The zero-order chi connectivity index (χ0) is 13.5. The van der Waals surface area contributed by atoms with Crippen LogP contribution in [-0.2, 0) is 0 Å². The molecule has 6 nitrogen and oxygen atoms in total. The van der Waals surface area contributed by atoms with Gasteiger partial charge in [-0.3, -0.25) is 10.1 Å². The van der Waals surface area contributed by atoms with Gasteiger partial charge in [0.15, 0.2) is 0 Å². The molecule has 7 heteroatoms. The van der Waals surface area contributed by atoms with E-state index < -0.39 is 11.0 Å². The van der Waals surface area contributed by atoms with Crippen LogP contribution in [-0.4, -0.2) is 35.8 Å². The molecule has 0 saturated heterocycles. The minimum atomic E-state index is -0.711. The summed E-state index contributed by atoms with van der Waals surface area (Å²) in [7, 11) is 0. The zero-order valence-corrected chi connectivity index (χ0v) is 11.5. The Balaban J connectivity index is 2.69. The summed E-state index contributed by atoms with van der Waals surface area (Å²) >= 11 is 3.19. The molecule has 0 amide bonds. The predicted octanol–water partition coefficient (Wildman–Crippen LogP) is 1.71. The number of nitro groups is 1. The van der Waals surface area contributed by atoms with Crippen molar-refractivity contribution in [2.24, 2.45) is 0 Å². The first-order chi connectivity index (χ1) is 8.56. The van der Waals surface area contributed by atoms with Crippen LogP contribution in [0, 0.1) is 10.1 Å². The topological polar surface area (TPSA) is 84.6 Å². The van der Waals surface area contributed by atoms with Crippen LogP contribution in [0.5, 0.6) is 5.75 Å². The Bertz CT molecular complexity index is 414. The number of hydrogen-bond donors (Lipinski definition) is 2. The lowest BCUT2D eigenvalue weighted by atomic mass is 10.3. The van der Waals surface area contributed by atoms with Crippen LogP contribution in [0.25, 0.3) is 0 Å². The fraction of sp³-hybridized carbons (Fsp3) is 0.455. The van der Waals surface area contributed by atoms with Crippen molar-refractivity contribution in [3.63, 3.8) is 0 Å². The molecule has 100 valence electrons. The van der Waals surface area contributed by atoms with E-state index in [-0.39, 0.29) is 18.0 Å². The Morgan fingerprint density at radius 1 is 1.61 bits per heavy atom. The number of para-hydroxylation sites is 1. The summed E-state index contributed by atoms with van der Waals surface area (Å²) in [5, 5.41) is 23.4. The van der Waals surface area contributed by atoms with E-state index in [1.54, 1.807) is 12.1 Å². The zero-order valence-electron chi connectivity index (χ0n) is 9.93. The van der Waals surface area contributed by atoms with Crippen molar-refractivity contribution in [3.05, 3.63) is 32.8 Å². The highest BCUT2D eigenvalue weighted by molar-refractivity contribution is 9.10. The highest BCUT2D eigenvalue weighted by Gasteiger charge is 2.18. The SMILES string of the molecule is CCNCC(O)COc1c(Br)cccc1[N+](=O)[O-]. The molecule has 18 heavy (non-hydrogen) atoms. The number of benzene rings is 1. The number of nitrogens with zero attached hydrogens (tertiary/aromatic N) is 1. The number of rotatable bonds is 7. The Morgan fingerprint density at radius 2 is 2.33 bits per heavy atom. The maximum absolute atomic E-state index is 10.8. The first-order valence-electron chi connectivity index (χ1n) is 5.50. The summed E-state index contributed by atoms with van der Waals surface area (Å²) in [4.78, 5) is 10.3. The molecule has 0 aliphatic rings. The van der Waals surface area contributed by atoms with Gasteiger partial charge < -0.3 is 15.2 Å². The van der Waals surface area contributed by atoms with Crippen molar-refractivity contribution in [2.75, 3.05) is 19.7 Å². The van der Waals surface area contributed by atoms with Gasteiger partial charge in [-0.2, -0.15) is 0 Å². The van der Waals surface area contributed by atoms with Crippen LogP contribution < -0.4 is 10.1 Å². The molecule has 0 heterocycles. The summed E-state index contributed by atoms with van der Waals surface area (Å²) < 4.78 is 5.80. The predicted molar refractivity (Wildman–Crippen MR) is 70.8 cm³/mol. The molecule has 0 saturated carbocycles. The summed E-state index contributed by atoms with van der Waals surface area (Å²) in [6.07, 6.45) is -0.711. The average Bonchev–Trinajstić information content (AvgIpc) is 2.34. The number of halogens is 1. The van der Waals surface area contributed by atoms with E-state index in [1.165, 1.54) is 6.07 Å². The van der Waals surface area contributed by atoms with Crippen LogP contribution in [0.4, 0.5) is 5.69 Å². The van der Waals surface area contributed by atoms with Gasteiger partial charge in [-0.05, 0) is 28.5 Å². The van der Waals surface area contributed by atoms with Crippen molar-refractivity contribution in [1.29, 1.82) is 0 Å². The quantitative estimate of drug-likeness (QED) is 0.590. The van der Waals surface area contributed by atoms with Crippen molar-refractivity contribution >= 4 is 21.6 Å². The molecule has 0 radical (unpaired) electrons. The number of likely N-dealkylation sites (N-methyl/N-ethyl adjacent to an activating group) is 1. The molecule has 0 fully saturated rings. The smallest absolute Gasteiger partial charge is 0.312 e. The van der Waals surface area contributed by atoms with E-state index in [2.05, 4.69) is 21.2 Å². The Hall–Kier alpha value is -1.18. The van der Waals surface area contributed by atoms with E-state index in [4.69, 9.17) is 4.74 Å². The monoisotopic (exact) mass is 318 g/mol. The third-order valence-corrected chi connectivity index (χ3v) is 2.82. The lowest BCUT2D eigenvalue weighted by molar-refractivity contribution is -0.386. The van der Waals surface area contributed by atoms with Gasteiger partial charge in [-0.15, -0.1) is 0 Å². The number of hydrogen-bond acceptors (Lipinski definition) is 5. The molecule has 1 aromatic rings. The molecule has 1 unspecified atom stereocenters. The molecular weight excluding hydrogens is 304 g/mol. The summed E-state index contributed by atoms with van der Waals surface area (Å²) in [5.41, 5.74) is -0.125. The molecule has 0 spiro atoms. The van der Waals surface area contributed by atoms with Crippen LogP contribution in [0.15, 0.2) is 22.7 Å². The van der Waals surface area contributed by atoms with Crippen LogP contribution in [0.1, 0.15) is 6.92 Å². The number of aliphatic hydroxyl groups excluding tert-OH is 1. The molecule has 1 rings (SSSR count). The molecule has 2 N–H and O–H groups in total. The number of nitrogens with one attached hydrogen (secondary N) is 1. The van der Waals surface area contributed by atoms with Crippen molar-refractivity contribution in [1.82, 2.24) is 5.32 Å².